The largest absolute Gasteiger partial charge is 0.350 e. The molecule has 3 aromatic rings. The van der Waals surface area contributed by atoms with Gasteiger partial charge in [-0.2, -0.15) is 0 Å². The Balaban J connectivity index is 1.52. The number of halogens is 3. The summed E-state index contributed by atoms with van der Waals surface area (Å²) in [5, 5.41) is 4.89. The average molecular weight is 512 g/mol. The molecule has 3 amide bonds. The number of nitrogens with zero attached hydrogens (tertiary/aromatic N) is 1. The highest BCUT2D eigenvalue weighted by Gasteiger charge is 2.39. The van der Waals surface area contributed by atoms with Crippen LogP contribution in [0.15, 0.2) is 77.5 Å². The van der Waals surface area contributed by atoms with Crippen LogP contribution < -0.4 is 15.5 Å². The molecule has 0 bridgehead atoms. The molecule has 10 heteroatoms. The lowest BCUT2D eigenvalue weighted by Crippen LogP contribution is -2.32. The van der Waals surface area contributed by atoms with Gasteiger partial charge >= 0.3 is 0 Å². The number of rotatable bonds is 6. The van der Waals surface area contributed by atoms with Crippen LogP contribution >= 0.6 is 23.2 Å². The number of nitrogens with one attached hydrogen (secondary N) is 2. The summed E-state index contributed by atoms with van der Waals surface area (Å²) in [5.41, 5.74) is 1.47. The Morgan fingerprint density at radius 1 is 0.857 bits per heavy atom. The Morgan fingerprint density at radius 3 is 2.23 bits per heavy atom. The van der Waals surface area contributed by atoms with Gasteiger partial charge in [-0.1, -0.05) is 29.3 Å². The number of Topliss-reactive ketones (excluding diaryl/α,β-unsaturated/α-hetero) is 1. The van der Waals surface area contributed by atoms with E-state index in [1.165, 1.54) is 19.1 Å². The van der Waals surface area contributed by atoms with Crippen LogP contribution in [-0.2, 0) is 9.59 Å². The third-order valence-corrected chi connectivity index (χ3v) is 5.77. The summed E-state index contributed by atoms with van der Waals surface area (Å²) in [5.74, 6) is -2.78. The highest BCUT2D eigenvalue weighted by molar-refractivity contribution is 6.53. The highest BCUT2D eigenvalue weighted by atomic mass is 35.5. The Labute approximate surface area is 209 Å². The molecule has 0 radical (unpaired) electrons. The van der Waals surface area contributed by atoms with Gasteiger partial charge in [0.15, 0.2) is 5.78 Å². The van der Waals surface area contributed by atoms with E-state index in [1.807, 2.05) is 0 Å². The predicted molar refractivity (Wildman–Crippen MR) is 131 cm³/mol. The van der Waals surface area contributed by atoms with E-state index >= 15 is 0 Å². The fraction of sp³-hybridized carbons (Fsp3) is 0.0400. The maximum Gasteiger partial charge on any atom is 0.283 e. The van der Waals surface area contributed by atoms with E-state index < -0.39 is 23.5 Å². The van der Waals surface area contributed by atoms with E-state index in [0.717, 1.165) is 17.0 Å². The molecule has 1 aliphatic rings. The molecule has 0 atom stereocenters. The van der Waals surface area contributed by atoms with Crippen LogP contribution in [0.3, 0.4) is 0 Å². The van der Waals surface area contributed by atoms with E-state index in [0.29, 0.717) is 16.9 Å². The summed E-state index contributed by atoms with van der Waals surface area (Å²) in [6.45, 7) is 1.45. The van der Waals surface area contributed by atoms with Crippen molar-refractivity contribution in [2.45, 2.75) is 6.92 Å². The van der Waals surface area contributed by atoms with Crippen molar-refractivity contribution in [1.29, 1.82) is 0 Å². The van der Waals surface area contributed by atoms with Crippen LogP contribution in [0.25, 0.3) is 0 Å². The van der Waals surface area contributed by atoms with Gasteiger partial charge in [0, 0.05) is 22.5 Å². The first kappa shape index (κ1) is 24.1. The van der Waals surface area contributed by atoms with Crippen LogP contribution in [0.2, 0.25) is 5.02 Å². The van der Waals surface area contributed by atoms with E-state index in [-0.39, 0.29) is 32.8 Å². The normalized spacial score (nSPS) is 13.3. The molecule has 2 N–H and O–H groups in total. The minimum atomic E-state index is -0.801. The molecule has 0 unspecified atom stereocenters. The molecule has 1 aliphatic heterocycles. The fourth-order valence-corrected chi connectivity index (χ4v) is 3.73. The number of carbonyl (C=O) groups excluding carboxylic acids is 4. The van der Waals surface area contributed by atoms with Crippen molar-refractivity contribution in [2.24, 2.45) is 0 Å². The number of hydrogen-bond acceptors (Lipinski definition) is 5. The molecule has 4 rings (SSSR count). The number of carbonyl (C=O) groups is 4. The minimum absolute atomic E-state index is 0.0604. The third-order valence-electron chi connectivity index (χ3n) is 5.13. The number of anilines is 3. The molecule has 176 valence electrons. The molecule has 7 nitrogen and oxygen atoms in total. The molecular formula is C25H16Cl2FN3O4. The first-order valence-electron chi connectivity index (χ1n) is 10.2. The van der Waals surface area contributed by atoms with Gasteiger partial charge < -0.3 is 10.6 Å². The number of amides is 3. The van der Waals surface area contributed by atoms with Gasteiger partial charge in [0.1, 0.15) is 16.5 Å². The SMILES string of the molecule is CC(=O)c1ccc(NC(=O)c2cccc(NC3=C(Cl)C(=O)N(c4ccc(F)c(Cl)c4)C3=O)c2)cc1. The zero-order chi connectivity index (χ0) is 25.3. The van der Waals surface area contributed by atoms with Gasteiger partial charge in [0.25, 0.3) is 17.7 Å². The Hall–Kier alpha value is -4.01. The quantitative estimate of drug-likeness (QED) is 0.342. The predicted octanol–water partition coefficient (Wildman–Crippen LogP) is 5.37. The van der Waals surface area contributed by atoms with Crippen molar-refractivity contribution in [1.82, 2.24) is 0 Å². The van der Waals surface area contributed by atoms with Crippen LogP contribution in [0.4, 0.5) is 21.5 Å². The standard InChI is InChI=1S/C25H16Cl2FN3O4/c1-13(32)14-5-7-16(8-6-14)30-23(33)15-3-2-4-17(11-15)29-22-21(27)24(34)31(25(22)35)18-9-10-20(28)19(26)12-18/h2-12,29H,1H3,(H,30,33). The minimum Gasteiger partial charge on any atom is -0.350 e. The zero-order valence-electron chi connectivity index (χ0n) is 18.1. The van der Waals surface area contributed by atoms with Crippen LogP contribution in [-0.4, -0.2) is 23.5 Å². The van der Waals surface area contributed by atoms with Crippen molar-refractivity contribution in [3.05, 3.63) is 99.4 Å². The summed E-state index contributed by atoms with van der Waals surface area (Å²) in [6, 6.07) is 16.1. The molecule has 0 fully saturated rings. The summed E-state index contributed by atoms with van der Waals surface area (Å²) in [4.78, 5) is 50.4. The van der Waals surface area contributed by atoms with Gasteiger partial charge in [0.2, 0.25) is 0 Å². The van der Waals surface area contributed by atoms with Gasteiger partial charge in [0.05, 0.1) is 10.7 Å². The molecule has 0 spiro atoms. The maximum atomic E-state index is 13.5. The third kappa shape index (κ3) is 4.94. The average Bonchev–Trinajstić information content (AvgIpc) is 3.04. The molecule has 0 aliphatic carbocycles. The number of hydrogen-bond donors (Lipinski definition) is 2. The van der Waals surface area contributed by atoms with Crippen LogP contribution in [0, 0.1) is 5.82 Å². The van der Waals surface area contributed by atoms with Crippen molar-refractivity contribution < 1.29 is 23.6 Å². The van der Waals surface area contributed by atoms with Crippen molar-refractivity contribution in [3.8, 4) is 0 Å². The number of benzene rings is 3. The lowest BCUT2D eigenvalue weighted by Gasteiger charge is -2.15. The van der Waals surface area contributed by atoms with Gasteiger partial charge in [-0.3, -0.25) is 19.2 Å². The molecule has 0 saturated heterocycles. The topological polar surface area (TPSA) is 95.6 Å². The molecule has 0 saturated carbocycles. The Morgan fingerprint density at radius 2 is 1.57 bits per heavy atom. The van der Waals surface area contributed by atoms with E-state index in [2.05, 4.69) is 10.6 Å². The van der Waals surface area contributed by atoms with Crippen LogP contribution in [0.1, 0.15) is 27.6 Å². The fourth-order valence-electron chi connectivity index (χ4n) is 3.34. The van der Waals surface area contributed by atoms with Crippen molar-refractivity contribution in [3.63, 3.8) is 0 Å². The van der Waals surface area contributed by atoms with Gasteiger partial charge in [-0.05, 0) is 67.6 Å². The van der Waals surface area contributed by atoms with Crippen molar-refractivity contribution in [2.75, 3.05) is 15.5 Å². The maximum absolute atomic E-state index is 13.5. The van der Waals surface area contributed by atoms with Crippen LogP contribution in [0.5, 0.6) is 0 Å². The summed E-state index contributed by atoms with van der Waals surface area (Å²) in [7, 11) is 0. The molecule has 0 aromatic heterocycles. The van der Waals surface area contributed by atoms with E-state index in [4.69, 9.17) is 23.2 Å². The number of ketones is 1. The smallest absolute Gasteiger partial charge is 0.283 e. The second-order valence-corrected chi connectivity index (χ2v) is 8.31. The van der Waals surface area contributed by atoms with Gasteiger partial charge in [-0.15, -0.1) is 0 Å². The molecule has 1 heterocycles. The van der Waals surface area contributed by atoms with E-state index in [9.17, 15) is 23.6 Å². The summed E-state index contributed by atoms with van der Waals surface area (Å²) < 4.78 is 13.5. The summed E-state index contributed by atoms with van der Waals surface area (Å²) >= 11 is 11.9. The Bertz CT molecular complexity index is 1420. The second-order valence-electron chi connectivity index (χ2n) is 7.53. The van der Waals surface area contributed by atoms with Crippen molar-refractivity contribution >= 4 is 63.8 Å². The first-order valence-corrected chi connectivity index (χ1v) is 10.9. The lowest BCUT2D eigenvalue weighted by atomic mass is 10.1. The highest BCUT2D eigenvalue weighted by Crippen LogP contribution is 2.32. The molecular weight excluding hydrogens is 496 g/mol. The summed E-state index contributed by atoms with van der Waals surface area (Å²) in [6.07, 6.45) is 0. The first-order chi connectivity index (χ1) is 16.7. The van der Waals surface area contributed by atoms with Gasteiger partial charge in [-0.25, -0.2) is 9.29 Å². The molecule has 35 heavy (non-hydrogen) atoms. The zero-order valence-corrected chi connectivity index (χ0v) is 19.6. The van der Waals surface area contributed by atoms with E-state index in [1.54, 1.807) is 42.5 Å². The molecule has 3 aromatic carbocycles. The monoisotopic (exact) mass is 511 g/mol. The second kappa shape index (κ2) is 9.69. The Kier molecular flexibility index (Phi) is 6.68. The number of imide groups is 1. The lowest BCUT2D eigenvalue weighted by molar-refractivity contribution is -0.120.